The average molecular weight is 349 g/mol. The molecule has 0 spiro atoms. The third-order valence-corrected chi connectivity index (χ3v) is 4.79. The van der Waals surface area contributed by atoms with Crippen molar-refractivity contribution in [2.75, 3.05) is 58.4 Å². The van der Waals surface area contributed by atoms with Crippen LogP contribution in [0.3, 0.4) is 0 Å². The lowest BCUT2D eigenvalue weighted by molar-refractivity contribution is 0.123. The van der Waals surface area contributed by atoms with Crippen LogP contribution < -0.4 is 10.2 Å². The summed E-state index contributed by atoms with van der Waals surface area (Å²) in [4.78, 5) is 23.1. The maximum Gasteiger partial charge on any atom is 0.317 e. The van der Waals surface area contributed by atoms with Crippen LogP contribution in [0.2, 0.25) is 0 Å². The van der Waals surface area contributed by atoms with Crippen molar-refractivity contribution in [3.05, 3.63) is 23.9 Å². The molecule has 0 aromatic carbocycles. The number of carbonyl (C=O) groups is 1. The quantitative estimate of drug-likeness (QED) is 0.806. The van der Waals surface area contributed by atoms with Gasteiger partial charge in [-0.15, -0.1) is 0 Å². The second-order valence-electron chi connectivity index (χ2n) is 6.52. The molecule has 0 aliphatic carbocycles. The first-order valence-electron chi connectivity index (χ1n) is 8.97. The van der Waals surface area contributed by atoms with Crippen LogP contribution >= 0.6 is 0 Å². The molecule has 1 aromatic heterocycles. The Labute approximate surface area is 150 Å². The van der Waals surface area contributed by atoms with Crippen molar-refractivity contribution in [2.45, 2.75) is 26.4 Å². The summed E-state index contributed by atoms with van der Waals surface area (Å²) in [6.07, 6.45) is 1.85. The van der Waals surface area contributed by atoms with Crippen LogP contribution in [0.25, 0.3) is 0 Å². The highest BCUT2D eigenvalue weighted by molar-refractivity contribution is 5.74. The van der Waals surface area contributed by atoms with E-state index < -0.39 is 0 Å². The lowest BCUT2D eigenvalue weighted by Crippen LogP contribution is -2.46. The van der Waals surface area contributed by atoms with E-state index in [-0.39, 0.29) is 12.1 Å². The molecule has 1 saturated heterocycles. The van der Waals surface area contributed by atoms with Gasteiger partial charge < -0.3 is 24.8 Å². The van der Waals surface area contributed by atoms with Gasteiger partial charge in [-0.1, -0.05) is 13.0 Å². The summed E-state index contributed by atoms with van der Waals surface area (Å²) in [6, 6.07) is 4.00. The molecule has 1 aliphatic rings. The summed E-state index contributed by atoms with van der Waals surface area (Å²) in [7, 11) is 3.41. The van der Waals surface area contributed by atoms with E-state index >= 15 is 0 Å². The molecule has 7 heteroatoms. The second kappa shape index (κ2) is 9.58. The summed E-state index contributed by atoms with van der Waals surface area (Å²) < 4.78 is 5.08. The SMILES string of the molecule is CCN1CCN(c2ccc(CNC(=O)N(C)C(C)COC)cn2)CC1. The molecular weight excluding hydrogens is 318 g/mol. The molecule has 2 amide bonds. The lowest BCUT2D eigenvalue weighted by atomic mass is 10.2. The van der Waals surface area contributed by atoms with Crippen molar-refractivity contribution in [3.8, 4) is 0 Å². The Balaban J connectivity index is 1.81. The van der Waals surface area contributed by atoms with Gasteiger partial charge in [-0.05, 0) is 25.1 Å². The van der Waals surface area contributed by atoms with Crippen molar-refractivity contribution < 1.29 is 9.53 Å². The van der Waals surface area contributed by atoms with Crippen LogP contribution in [0.4, 0.5) is 10.6 Å². The van der Waals surface area contributed by atoms with Gasteiger partial charge in [0, 0.05) is 53.1 Å². The van der Waals surface area contributed by atoms with E-state index in [0.29, 0.717) is 13.2 Å². The maximum absolute atomic E-state index is 12.1. The fraction of sp³-hybridized carbons (Fsp3) is 0.667. The predicted molar refractivity (Wildman–Crippen MR) is 99.9 cm³/mol. The van der Waals surface area contributed by atoms with E-state index in [1.54, 1.807) is 19.1 Å². The first kappa shape index (κ1) is 19.5. The molecule has 1 aromatic rings. The Morgan fingerprint density at radius 2 is 2.08 bits per heavy atom. The largest absolute Gasteiger partial charge is 0.383 e. The molecule has 2 heterocycles. The van der Waals surface area contributed by atoms with E-state index in [1.807, 2.05) is 25.3 Å². The number of piperazine rings is 1. The van der Waals surface area contributed by atoms with E-state index in [9.17, 15) is 4.79 Å². The number of aromatic nitrogens is 1. The minimum atomic E-state index is -0.107. The van der Waals surface area contributed by atoms with Crippen LogP contribution in [0, 0.1) is 0 Å². The molecule has 25 heavy (non-hydrogen) atoms. The van der Waals surface area contributed by atoms with E-state index in [4.69, 9.17) is 4.74 Å². The summed E-state index contributed by atoms with van der Waals surface area (Å²) in [5.74, 6) is 1.01. The van der Waals surface area contributed by atoms with Gasteiger partial charge >= 0.3 is 6.03 Å². The van der Waals surface area contributed by atoms with Crippen molar-refractivity contribution in [1.82, 2.24) is 20.1 Å². The molecule has 0 bridgehead atoms. The zero-order chi connectivity index (χ0) is 18.2. The number of anilines is 1. The van der Waals surface area contributed by atoms with Crippen LogP contribution in [-0.2, 0) is 11.3 Å². The van der Waals surface area contributed by atoms with Gasteiger partial charge in [0.25, 0.3) is 0 Å². The molecule has 140 valence electrons. The number of ether oxygens (including phenoxy) is 1. The van der Waals surface area contributed by atoms with Crippen LogP contribution in [0.1, 0.15) is 19.4 Å². The van der Waals surface area contributed by atoms with Gasteiger partial charge in [-0.25, -0.2) is 9.78 Å². The van der Waals surface area contributed by atoms with Crippen molar-refractivity contribution in [2.24, 2.45) is 0 Å². The molecule has 1 aliphatic heterocycles. The summed E-state index contributed by atoms with van der Waals surface area (Å²) in [5, 5.41) is 2.92. The van der Waals surface area contributed by atoms with Crippen LogP contribution in [-0.4, -0.2) is 80.3 Å². The van der Waals surface area contributed by atoms with Gasteiger partial charge in [-0.2, -0.15) is 0 Å². The molecule has 1 N–H and O–H groups in total. The third kappa shape index (κ3) is 5.57. The van der Waals surface area contributed by atoms with Crippen molar-refractivity contribution in [3.63, 3.8) is 0 Å². The second-order valence-corrected chi connectivity index (χ2v) is 6.52. The highest BCUT2D eigenvalue weighted by atomic mass is 16.5. The number of rotatable bonds is 7. The number of carbonyl (C=O) groups excluding carboxylic acids is 1. The molecule has 0 radical (unpaired) electrons. The van der Waals surface area contributed by atoms with Gasteiger partial charge in [-0.3, -0.25) is 0 Å². The number of amides is 2. The smallest absolute Gasteiger partial charge is 0.317 e. The van der Waals surface area contributed by atoms with Gasteiger partial charge in [0.1, 0.15) is 5.82 Å². The number of nitrogens with zero attached hydrogens (tertiary/aromatic N) is 4. The van der Waals surface area contributed by atoms with E-state index in [2.05, 4.69) is 27.0 Å². The molecule has 1 atom stereocenters. The topological polar surface area (TPSA) is 60.9 Å². The molecule has 7 nitrogen and oxygen atoms in total. The molecule has 1 fully saturated rings. The third-order valence-electron chi connectivity index (χ3n) is 4.79. The van der Waals surface area contributed by atoms with Gasteiger partial charge in [0.15, 0.2) is 0 Å². The summed E-state index contributed by atoms with van der Waals surface area (Å²) >= 11 is 0. The number of hydrogen-bond donors (Lipinski definition) is 1. The number of hydrogen-bond acceptors (Lipinski definition) is 5. The Morgan fingerprint density at radius 1 is 1.36 bits per heavy atom. The number of likely N-dealkylation sites (N-methyl/N-ethyl adjacent to an activating group) is 2. The highest BCUT2D eigenvalue weighted by Crippen LogP contribution is 2.14. The molecule has 0 saturated carbocycles. The van der Waals surface area contributed by atoms with E-state index in [0.717, 1.165) is 44.1 Å². The Hall–Kier alpha value is -1.86. The number of urea groups is 1. The minimum absolute atomic E-state index is 0.0345. The number of pyridine rings is 1. The summed E-state index contributed by atoms with van der Waals surface area (Å²) in [6.45, 7) is 10.5. The first-order chi connectivity index (χ1) is 12.0. The highest BCUT2D eigenvalue weighted by Gasteiger charge is 2.17. The molecular formula is C18H31N5O2. The monoisotopic (exact) mass is 349 g/mol. The summed E-state index contributed by atoms with van der Waals surface area (Å²) in [5.41, 5.74) is 0.997. The first-order valence-corrected chi connectivity index (χ1v) is 8.97. The minimum Gasteiger partial charge on any atom is -0.383 e. The zero-order valence-corrected chi connectivity index (χ0v) is 15.9. The fourth-order valence-electron chi connectivity index (χ4n) is 2.86. The van der Waals surface area contributed by atoms with Crippen molar-refractivity contribution in [1.29, 1.82) is 0 Å². The Kier molecular flexibility index (Phi) is 7.46. The standard InChI is InChI=1S/C18H31N5O2/c1-5-22-8-10-23(11-9-22)17-7-6-16(12-19-17)13-20-18(24)21(3)15(2)14-25-4/h6-7,12,15H,5,8-11,13-14H2,1-4H3,(H,20,24). The Morgan fingerprint density at radius 3 is 2.64 bits per heavy atom. The molecule has 2 rings (SSSR count). The Bertz CT molecular complexity index is 529. The number of nitrogens with one attached hydrogen (secondary N) is 1. The van der Waals surface area contributed by atoms with Gasteiger partial charge in [0.2, 0.25) is 0 Å². The zero-order valence-electron chi connectivity index (χ0n) is 15.9. The average Bonchev–Trinajstić information content (AvgIpc) is 2.66. The normalized spacial score (nSPS) is 16.6. The maximum atomic E-state index is 12.1. The number of methoxy groups -OCH3 is 1. The van der Waals surface area contributed by atoms with Crippen LogP contribution in [0.15, 0.2) is 18.3 Å². The lowest BCUT2D eigenvalue weighted by Gasteiger charge is -2.34. The van der Waals surface area contributed by atoms with Crippen LogP contribution in [0.5, 0.6) is 0 Å². The predicted octanol–water partition coefficient (Wildman–Crippen LogP) is 1.40. The van der Waals surface area contributed by atoms with Crippen molar-refractivity contribution >= 4 is 11.8 Å². The molecule has 1 unspecified atom stereocenters. The van der Waals surface area contributed by atoms with Gasteiger partial charge in [0.05, 0.1) is 12.6 Å². The van der Waals surface area contributed by atoms with E-state index in [1.165, 1.54) is 0 Å². The fourth-order valence-corrected chi connectivity index (χ4v) is 2.86.